The van der Waals surface area contributed by atoms with Gasteiger partial charge in [-0.3, -0.25) is 19.4 Å². The Hall–Kier alpha value is -4.10. The van der Waals surface area contributed by atoms with E-state index in [1.54, 1.807) is 23.1 Å². The molecule has 0 aromatic heterocycles. The Morgan fingerprint density at radius 3 is 1.86 bits per heavy atom. The molecule has 0 spiro atoms. The standard InChI is InChI=1S/C38H42F6N4O3/c1-25-7-8-34(49)33(19-25)36(51)47-12-9-30(10-13-47)45-15-17-46(18-16-45)31-11-14-48(32(24-31)20-26-5-3-2-4-6-26)35(50)27-21-28(37(39,40)41)23-29(22-27)38(42,43)44/h2-8,19,21-23,30-32,49H,9-18,20,24H2,1H3. The minimum absolute atomic E-state index is 0.0173. The van der Waals surface area contributed by atoms with Gasteiger partial charge < -0.3 is 14.9 Å². The Kier molecular flexibility index (Phi) is 10.7. The lowest BCUT2D eigenvalue weighted by atomic mass is 9.90. The van der Waals surface area contributed by atoms with Gasteiger partial charge in [-0.1, -0.05) is 42.0 Å². The molecule has 0 aliphatic carbocycles. The van der Waals surface area contributed by atoms with Crippen molar-refractivity contribution in [3.05, 3.63) is 100 Å². The first-order valence-electron chi connectivity index (χ1n) is 17.4. The molecule has 7 nitrogen and oxygen atoms in total. The number of rotatable bonds is 6. The maximum atomic E-state index is 13.8. The zero-order valence-corrected chi connectivity index (χ0v) is 28.4. The summed E-state index contributed by atoms with van der Waals surface area (Å²) in [7, 11) is 0. The zero-order chi connectivity index (χ0) is 36.5. The molecule has 274 valence electrons. The molecule has 3 aromatic carbocycles. The van der Waals surface area contributed by atoms with Crippen molar-refractivity contribution >= 4 is 11.8 Å². The largest absolute Gasteiger partial charge is 0.507 e. The third-order valence-corrected chi connectivity index (χ3v) is 10.6. The van der Waals surface area contributed by atoms with Crippen molar-refractivity contribution in [2.45, 2.75) is 69.5 Å². The zero-order valence-electron chi connectivity index (χ0n) is 28.4. The van der Waals surface area contributed by atoms with Gasteiger partial charge in [-0.05, 0) is 74.9 Å². The topological polar surface area (TPSA) is 67.3 Å². The fraction of sp³-hybridized carbons (Fsp3) is 0.474. The van der Waals surface area contributed by atoms with Crippen LogP contribution in [0.1, 0.15) is 68.7 Å². The average molecular weight is 717 g/mol. The van der Waals surface area contributed by atoms with Gasteiger partial charge in [0.2, 0.25) is 0 Å². The Morgan fingerprint density at radius 2 is 1.27 bits per heavy atom. The summed E-state index contributed by atoms with van der Waals surface area (Å²) in [6, 6.07) is 15.5. The number of likely N-dealkylation sites (tertiary alicyclic amines) is 2. The van der Waals surface area contributed by atoms with Crippen LogP contribution in [0, 0.1) is 6.92 Å². The molecule has 0 radical (unpaired) electrons. The molecule has 13 heteroatoms. The van der Waals surface area contributed by atoms with Gasteiger partial charge in [0, 0.05) is 69.5 Å². The van der Waals surface area contributed by atoms with Gasteiger partial charge in [0.25, 0.3) is 11.8 Å². The lowest BCUT2D eigenvalue weighted by Crippen LogP contribution is -2.58. The molecule has 2 amide bonds. The van der Waals surface area contributed by atoms with Gasteiger partial charge in [-0.15, -0.1) is 0 Å². The number of carbonyl (C=O) groups excluding carboxylic acids is 2. The number of alkyl halides is 6. The number of amides is 2. The number of halogens is 6. The van der Waals surface area contributed by atoms with Crippen molar-refractivity contribution in [1.29, 1.82) is 0 Å². The second-order valence-corrected chi connectivity index (χ2v) is 13.9. The normalized spacial score (nSPS) is 21.5. The number of piperidine rings is 2. The van der Waals surface area contributed by atoms with Crippen molar-refractivity contribution in [3.8, 4) is 5.75 Å². The molecule has 2 unspecified atom stereocenters. The van der Waals surface area contributed by atoms with Crippen LogP contribution in [0.4, 0.5) is 26.3 Å². The molecule has 6 rings (SSSR count). The van der Waals surface area contributed by atoms with E-state index in [0.29, 0.717) is 56.1 Å². The lowest BCUT2D eigenvalue weighted by molar-refractivity contribution is -0.143. The maximum absolute atomic E-state index is 13.8. The summed E-state index contributed by atoms with van der Waals surface area (Å²) < 4.78 is 81.7. The highest BCUT2D eigenvalue weighted by Crippen LogP contribution is 2.37. The molecule has 51 heavy (non-hydrogen) atoms. The van der Waals surface area contributed by atoms with Gasteiger partial charge in [0.1, 0.15) is 5.75 Å². The van der Waals surface area contributed by atoms with Crippen molar-refractivity contribution in [2.75, 3.05) is 45.8 Å². The first kappa shape index (κ1) is 36.7. The third-order valence-electron chi connectivity index (χ3n) is 10.6. The number of aromatic hydroxyl groups is 1. The van der Waals surface area contributed by atoms with Gasteiger partial charge in [0.05, 0.1) is 16.7 Å². The van der Waals surface area contributed by atoms with Crippen LogP contribution in [0.25, 0.3) is 0 Å². The number of aryl methyl sites for hydroxylation is 1. The molecular formula is C38H42F6N4O3. The molecule has 3 fully saturated rings. The summed E-state index contributed by atoms with van der Waals surface area (Å²) >= 11 is 0. The van der Waals surface area contributed by atoms with Crippen molar-refractivity contribution in [1.82, 2.24) is 19.6 Å². The highest BCUT2D eigenvalue weighted by atomic mass is 19.4. The number of phenols is 1. The summed E-state index contributed by atoms with van der Waals surface area (Å²) in [5.41, 5.74) is -1.48. The fourth-order valence-electron chi connectivity index (χ4n) is 7.85. The first-order valence-corrected chi connectivity index (χ1v) is 17.4. The van der Waals surface area contributed by atoms with Crippen molar-refractivity contribution in [3.63, 3.8) is 0 Å². The van der Waals surface area contributed by atoms with E-state index < -0.39 is 41.0 Å². The van der Waals surface area contributed by atoms with Gasteiger partial charge in [-0.2, -0.15) is 26.3 Å². The predicted octanol–water partition coefficient (Wildman–Crippen LogP) is 6.88. The lowest BCUT2D eigenvalue weighted by Gasteiger charge is -2.48. The van der Waals surface area contributed by atoms with Crippen LogP contribution < -0.4 is 0 Å². The van der Waals surface area contributed by atoms with Crippen LogP contribution >= 0.6 is 0 Å². The van der Waals surface area contributed by atoms with E-state index in [2.05, 4.69) is 9.80 Å². The van der Waals surface area contributed by atoms with E-state index >= 15 is 0 Å². The minimum Gasteiger partial charge on any atom is -0.507 e. The fourth-order valence-corrected chi connectivity index (χ4v) is 7.85. The smallest absolute Gasteiger partial charge is 0.416 e. The van der Waals surface area contributed by atoms with Crippen LogP contribution in [0.3, 0.4) is 0 Å². The summed E-state index contributed by atoms with van der Waals surface area (Å²) in [6.07, 6.45) is -6.94. The van der Waals surface area contributed by atoms with Crippen molar-refractivity contribution < 1.29 is 41.0 Å². The molecule has 3 aliphatic rings. The van der Waals surface area contributed by atoms with Crippen LogP contribution in [0.15, 0.2) is 66.7 Å². The Labute approximate surface area is 293 Å². The summed E-state index contributed by atoms with van der Waals surface area (Å²) in [4.78, 5) is 35.0. The highest BCUT2D eigenvalue weighted by molar-refractivity contribution is 5.97. The third kappa shape index (κ3) is 8.52. The van der Waals surface area contributed by atoms with E-state index in [4.69, 9.17) is 0 Å². The molecule has 1 N–H and O–H groups in total. The van der Waals surface area contributed by atoms with E-state index in [0.717, 1.165) is 50.1 Å². The van der Waals surface area contributed by atoms with E-state index in [1.807, 2.05) is 37.3 Å². The molecule has 0 bridgehead atoms. The molecular weight excluding hydrogens is 674 g/mol. The Balaban J connectivity index is 1.10. The van der Waals surface area contributed by atoms with Crippen molar-refractivity contribution in [2.24, 2.45) is 0 Å². The number of nitrogens with zero attached hydrogens (tertiary/aromatic N) is 4. The van der Waals surface area contributed by atoms with Crippen LogP contribution in [-0.2, 0) is 18.8 Å². The molecule has 3 saturated heterocycles. The molecule has 3 heterocycles. The minimum atomic E-state index is -5.05. The molecule has 2 atom stereocenters. The second-order valence-electron chi connectivity index (χ2n) is 13.9. The number of hydrogen-bond donors (Lipinski definition) is 1. The number of phenolic OH excluding ortho intramolecular Hbond substituents is 1. The SMILES string of the molecule is Cc1ccc(O)c(C(=O)N2CCC(N3CCN(C4CCN(C(=O)c5cc(C(F)(F)F)cc(C(F)(F)F)c5)C(Cc5ccccc5)C4)CC3)CC2)c1. The van der Waals surface area contributed by atoms with Gasteiger partial charge in [0.15, 0.2) is 0 Å². The molecule has 0 saturated carbocycles. The number of hydrogen-bond acceptors (Lipinski definition) is 5. The number of carbonyl (C=O) groups is 2. The second kappa shape index (κ2) is 14.9. The molecule has 3 aliphatic heterocycles. The summed E-state index contributed by atoms with van der Waals surface area (Å²) in [6.45, 7) is 6.51. The Morgan fingerprint density at radius 1 is 0.706 bits per heavy atom. The van der Waals surface area contributed by atoms with E-state index in [9.17, 15) is 41.0 Å². The van der Waals surface area contributed by atoms with E-state index in [1.165, 1.54) is 4.90 Å². The quantitative estimate of drug-likeness (QED) is 0.282. The van der Waals surface area contributed by atoms with E-state index in [-0.39, 0.29) is 30.3 Å². The van der Waals surface area contributed by atoms with Crippen LogP contribution in [0.2, 0.25) is 0 Å². The predicted molar refractivity (Wildman–Crippen MR) is 179 cm³/mol. The maximum Gasteiger partial charge on any atom is 0.416 e. The van der Waals surface area contributed by atoms with Gasteiger partial charge in [-0.25, -0.2) is 0 Å². The summed E-state index contributed by atoms with van der Waals surface area (Å²) in [5, 5.41) is 10.2. The van der Waals surface area contributed by atoms with Crippen LogP contribution in [0.5, 0.6) is 5.75 Å². The number of benzene rings is 3. The van der Waals surface area contributed by atoms with Gasteiger partial charge >= 0.3 is 12.4 Å². The molecule has 3 aromatic rings. The van der Waals surface area contributed by atoms with Crippen LogP contribution in [-0.4, -0.2) is 100 Å². The Bertz CT molecular complexity index is 1670. The highest BCUT2D eigenvalue weighted by Gasteiger charge is 2.41. The first-order chi connectivity index (χ1) is 24.2. The summed E-state index contributed by atoms with van der Waals surface area (Å²) in [5.74, 6) is -1.02. The number of piperazine rings is 1. The average Bonchev–Trinajstić information content (AvgIpc) is 3.12. The monoisotopic (exact) mass is 716 g/mol.